The Morgan fingerprint density at radius 1 is 1.08 bits per heavy atom. The third kappa shape index (κ3) is 4.92. The van der Waals surface area contributed by atoms with Gasteiger partial charge in [-0.2, -0.15) is 19.0 Å². The standard InChI is InChI=1S/C23H26F4N8O/c1-14(36)32-7-5-16(6-8-32)33-11-17(12-33)34-13-19(21(31-34)22(24)25)30-20-4-2-3-18(29-20)15-9-28-35(10-15)23(26)27/h2-4,9-10,13,16-17,22-23H,5-8,11-12H2,1H3,(H,29,30). The van der Waals surface area contributed by atoms with Crippen molar-refractivity contribution in [1.29, 1.82) is 0 Å². The first kappa shape index (κ1) is 24.2. The zero-order valence-electron chi connectivity index (χ0n) is 19.6. The van der Waals surface area contributed by atoms with Crippen LogP contribution in [0.3, 0.4) is 0 Å². The van der Waals surface area contributed by atoms with Gasteiger partial charge in [-0.1, -0.05) is 6.07 Å². The van der Waals surface area contributed by atoms with Crippen LogP contribution in [0.2, 0.25) is 0 Å². The van der Waals surface area contributed by atoms with Crippen molar-refractivity contribution >= 4 is 17.4 Å². The number of alkyl halides is 4. The number of amides is 1. The molecule has 2 aliphatic heterocycles. The van der Waals surface area contributed by atoms with Gasteiger partial charge in [0.05, 0.1) is 23.6 Å². The minimum Gasteiger partial charge on any atom is -0.343 e. The topological polar surface area (TPSA) is 84.1 Å². The number of carbonyl (C=O) groups is 1. The zero-order chi connectivity index (χ0) is 25.4. The summed E-state index contributed by atoms with van der Waals surface area (Å²) in [6.07, 6.45) is 3.02. The van der Waals surface area contributed by atoms with E-state index < -0.39 is 13.0 Å². The van der Waals surface area contributed by atoms with Crippen LogP contribution in [-0.4, -0.2) is 72.5 Å². The molecule has 3 aromatic heterocycles. The fraction of sp³-hybridized carbons (Fsp3) is 0.478. The molecule has 0 aliphatic carbocycles. The molecule has 1 amide bonds. The highest BCUT2D eigenvalue weighted by atomic mass is 19.3. The highest BCUT2D eigenvalue weighted by Crippen LogP contribution is 2.33. The van der Waals surface area contributed by atoms with E-state index in [4.69, 9.17) is 0 Å². The number of halogens is 4. The molecule has 1 N–H and O–H groups in total. The van der Waals surface area contributed by atoms with Gasteiger partial charge >= 0.3 is 6.55 Å². The van der Waals surface area contributed by atoms with Gasteiger partial charge in [0.2, 0.25) is 5.91 Å². The zero-order valence-corrected chi connectivity index (χ0v) is 19.6. The predicted molar refractivity (Wildman–Crippen MR) is 123 cm³/mol. The van der Waals surface area contributed by atoms with Crippen molar-refractivity contribution in [2.75, 3.05) is 31.5 Å². The van der Waals surface area contributed by atoms with Crippen molar-refractivity contribution in [2.45, 2.75) is 44.8 Å². The van der Waals surface area contributed by atoms with Gasteiger partial charge in [-0.25, -0.2) is 18.4 Å². The summed E-state index contributed by atoms with van der Waals surface area (Å²) in [5.41, 5.74) is 0.530. The van der Waals surface area contributed by atoms with Crippen molar-refractivity contribution in [1.82, 2.24) is 34.3 Å². The summed E-state index contributed by atoms with van der Waals surface area (Å²) in [7, 11) is 0. The van der Waals surface area contributed by atoms with E-state index in [-0.39, 0.29) is 29.1 Å². The van der Waals surface area contributed by atoms with E-state index in [0.717, 1.165) is 25.9 Å². The average molecular weight is 507 g/mol. The summed E-state index contributed by atoms with van der Waals surface area (Å²) >= 11 is 0. The van der Waals surface area contributed by atoms with Crippen molar-refractivity contribution in [3.05, 3.63) is 42.5 Å². The minimum atomic E-state index is -2.78. The molecule has 2 aliphatic rings. The van der Waals surface area contributed by atoms with Gasteiger partial charge in [-0.15, -0.1) is 0 Å². The average Bonchev–Trinajstić information content (AvgIpc) is 3.47. The number of nitrogens with one attached hydrogen (secondary N) is 1. The summed E-state index contributed by atoms with van der Waals surface area (Å²) < 4.78 is 55.3. The van der Waals surface area contributed by atoms with Gasteiger partial charge in [0.25, 0.3) is 6.43 Å². The lowest BCUT2D eigenvalue weighted by Crippen LogP contribution is -2.56. The Hall–Kier alpha value is -3.48. The van der Waals surface area contributed by atoms with Crippen LogP contribution in [0.4, 0.5) is 29.1 Å². The summed E-state index contributed by atoms with van der Waals surface area (Å²) in [5, 5.41) is 10.7. The van der Waals surface area contributed by atoms with E-state index in [0.29, 0.717) is 35.1 Å². The van der Waals surface area contributed by atoms with Gasteiger partial charge in [0, 0.05) is 57.1 Å². The van der Waals surface area contributed by atoms with Crippen LogP contribution in [0, 0.1) is 0 Å². The highest BCUT2D eigenvalue weighted by molar-refractivity contribution is 5.73. The van der Waals surface area contributed by atoms with E-state index in [1.807, 2.05) is 4.90 Å². The molecular weight excluding hydrogens is 480 g/mol. The van der Waals surface area contributed by atoms with E-state index in [1.54, 1.807) is 36.0 Å². The fourth-order valence-electron chi connectivity index (χ4n) is 4.73. The second kappa shape index (κ2) is 9.88. The number of aromatic nitrogens is 5. The third-order valence-corrected chi connectivity index (χ3v) is 6.77. The quantitative estimate of drug-likeness (QED) is 0.486. The number of anilines is 2. The molecule has 36 heavy (non-hydrogen) atoms. The second-order valence-electron chi connectivity index (χ2n) is 9.07. The molecule has 0 saturated carbocycles. The highest BCUT2D eigenvalue weighted by Gasteiger charge is 2.36. The molecule has 192 valence electrons. The van der Waals surface area contributed by atoms with Crippen LogP contribution in [-0.2, 0) is 4.79 Å². The molecule has 0 bridgehead atoms. The number of likely N-dealkylation sites (tertiary alicyclic amines) is 2. The van der Waals surface area contributed by atoms with E-state index in [2.05, 4.69) is 25.4 Å². The lowest BCUT2D eigenvalue weighted by Gasteiger charge is -2.47. The van der Waals surface area contributed by atoms with Crippen LogP contribution in [0.1, 0.15) is 44.5 Å². The van der Waals surface area contributed by atoms with Crippen LogP contribution >= 0.6 is 0 Å². The predicted octanol–water partition coefficient (Wildman–Crippen LogP) is 4.09. The van der Waals surface area contributed by atoms with Gasteiger partial charge < -0.3 is 10.2 Å². The van der Waals surface area contributed by atoms with Crippen LogP contribution in [0.5, 0.6) is 0 Å². The number of nitrogens with zero attached hydrogens (tertiary/aromatic N) is 7. The third-order valence-electron chi connectivity index (χ3n) is 6.77. The van der Waals surface area contributed by atoms with Gasteiger partial charge in [0.1, 0.15) is 5.82 Å². The lowest BCUT2D eigenvalue weighted by molar-refractivity contribution is -0.130. The molecule has 2 saturated heterocycles. The van der Waals surface area contributed by atoms with Crippen molar-refractivity contribution in [2.24, 2.45) is 0 Å². The second-order valence-corrected chi connectivity index (χ2v) is 9.07. The lowest BCUT2D eigenvalue weighted by atomic mass is 9.97. The molecule has 5 rings (SSSR count). The summed E-state index contributed by atoms with van der Waals surface area (Å²) in [4.78, 5) is 20.1. The Bertz CT molecular complexity index is 1210. The molecule has 2 fully saturated rings. The largest absolute Gasteiger partial charge is 0.343 e. The molecular formula is C23H26F4N8O. The molecule has 0 radical (unpaired) electrons. The maximum Gasteiger partial charge on any atom is 0.333 e. The van der Waals surface area contributed by atoms with Crippen molar-refractivity contribution in [3.8, 4) is 11.3 Å². The number of piperidine rings is 1. The minimum absolute atomic E-state index is 0.0247. The molecule has 9 nitrogen and oxygen atoms in total. The first-order valence-corrected chi connectivity index (χ1v) is 11.7. The Balaban J connectivity index is 1.26. The molecule has 0 unspecified atom stereocenters. The number of hydrogen-bond donors (Lipinski definition) is 1. The molecule has 0 aromatic carbocycles. The molecule has 5 heterocycles. The molecule has 0 atom stereocenters. The number of hydrogen-bond acceptors (Lipinski definition) is 6. The first-order chi connectivity index (χ1) is 17.3. The maximum atomic E-state index is 13.8. The Morgan fingerprint density at radius 2 is 1.83 bits per heavy atom. The van der Waals surface area contributed by atoms with E-state index in [1.165, 1.54) is 12.4 Å². The monoisotopic (exact) mass is 506 g/mol. The maximum absolute atomic E-state index is 13.8. The van der Waals surface area contributed by atoms with Gasteiger partial charge in [0.15, 0.2) is 5.69 Å². The van der Waals surface area contributed by atoms with E-state index >= 15 is 0 Å². The SMILES string of the molecule is CC(=O)N1CCC(N2CC(n3cc(Nc4cccc(-c5cnn(C(F)F)c5)n4)c(C(F)F)n3)C2)CC1. The fourth-order valence-corrected chi connectivity index (χ4v) is 4.73. The normalized spacial score (nSPS) is 17.7. The Morgan fingerprint density at radius 3 is 2.47 bits per heavy atom. The number of pyridine rings is 1. The smallest absolute Gasteiger partial charge is 0.333 e. The van der Waals surface area contributed by atoms with Crippen LogP contribution in [0.25, 0.3) is 11.3 Å². The van der Waals surface area contributed by atoms with Crippen molar-refractivity contribution in [3.63, 3.8) is 0 Å². The molecule has 3 aromatic rings. The summed E-state index contributed by atoms with van der Waals surface area (Å²) in [6.45, 7) is 1.70. The summed E-state index contributed by atoms with van der Waals surface area (Å²) in [6, 6.07) is 5.23. The molecule has 13 heteroatoms. The van der Waals surface area contributed by atoms with Gasteiger partial charge in [-0.3, -0.25) is 14.4 Å². The molecule has 0 spiro atoms. The Kier molecular flexibility index (Phi) is 6.65. The van der Waals surface area contributed by atoms with Crippen LogP contribution < -0.4 is 5.32 Å². The van der Waals surface area contributed by atoms with Crippen molar-refractivity contribution < 1.29 is 22.4 Å². The Labute approximate surface area is 204 Å². The number of rotatable bonds is 7. The number of carbonyl (C=O) groups excluding carboxylic acids is 1. The van der Waals surface area contributed by atoms with E-state index in [9.17, 15) is 22.4 Å². The van der Waals surface area contributed by atoms with Crippen LogP contribution in [0.15, 0.2) is 36.8 Å². The first-order valence-electron chi connectivity index (χ1n) is 11.7. The van der Waals surface area contributed by atoms with Gasteiger partial charge in [-0.05, 0) is 25.0 Å². The summed E-state index contributed by atoms with van der Waals surface area (Å²) in [5.74, 6) is 0.375.